The topological polar surface area (TPSA) is 41.1 Å². The molecule has 1 aliphatic rings. The van der Waals surface area contributed by atoms with Crippen LogP contribution in [0.4, 0.5) is 0 Å². The van der Waals surface area contributed by atoms with Crippen LogP contribution < -0.4 is 10.6 Å². The van der Waals surface area contributed by atoms with Gasteiger partial charge in [0.2, 0.25) is 5.91 Å². The highest BCUT2D eigenvalue weighted by atomic mass is 32.2. The van der Waals surface area contributed by atoms with Crippen LogP contribution in [-0.4, -0.2) is 37.0 Å². The summed E-state index contributed by atoms with van der Waals surface area (Å²) in [5.74, 6) is 0.238. The number of carbonyl (C=O) groups excluding carboxylic acids is 1. The fraction of sp³-hybridized carbons (Fsp3) is 0.917. The van der Waals surface area contributed by atoms with Gasteiger partial charge in [0.25, 0.3) is 0 Å². The van der Waals surface area contributed by atoms with E-state index in [-0.39, 0.29) is 11.3 Å². The number of amides is 1. The Morgan fingerprint density at radius 2 is 2.12 bits per heavy atom. The second-order valence-corrected chi connectivity index (χ2v) is 6.18. The van der Waals surface area contributed by atoms with Crippen molar-refractivity contribution in [3.8, 4) is 0 Å². The third kappa shape index (κ3) is 3.98. The Kier molecular flexibility index (Phi) is 5.62. The highest BCUT2D eigenvalue weighted by Gasteiger charge is 2.34. The lowest BCUT2D eigenvalue weighted by atomic mass is 9.80. The second kappa shape index (κ2) is 6.50. The molecule has 1 fully saturated rings. The summed E-state index contributed by atoms with van der Waals surface area (Å²) in [6, 6.07) is 0. The first kappa shape index (κ1) is 13.8. The molecule has 2 N–H and O–H groups in total. The third-order valence-electron chi connectivity index (χ3n) is 3.49. The zero-order valence-corrected chi connectivity index (χ0v) is 11.5. The van der Waals surface area contributed by atoms with Crippen LogP contribution in [0.25, 0.3) is 0 Å². The van der Waals surface area contributed by atoms with E-state index < -0.39 is 0 Å². The fourth-order valence-electron chi connectivity index (χ4n) is 1.93. The number of rotatable bonds is 5. The molecule has 1 amide bonds. The van der Waals surface area contributed by atoms with E-state index in [1.807, 2.05) is 11.8 Å². The predicted molar refractivity (Wildman–Crippen MR) is 70.8 cm³/mol. The summed E-state index contributed by atoms with van der Waals surface area (Å²) in [7, 11) is 0. The molecule has 4 heteroatoms. The first-order valence-electron chi connectivity index (χ1n) is 6.10. The Labute approximate surface area is 103 Å². The van der Waals surface area contributed by atoms with E-state index in [9.17, 15) is 4.79 Å². The van der Waals surface area contributed by atoms with Crippen LogP contribution in [0.15, 0.2) is 0 Å². The van der Waals surface area contributed by atoms with Gasteiger partial charge in [-0.2, -0.15) is 11.8 Å². The Balaban J connectivity index is 2.28. The second-order valence-electron chi connectivity index (χ2n) is 4.90. The van der Waals surface area contributed by atoms with Crippen LogP contribution in [-0.2, 0) is 4.79 Å². The largest absolute Gasteiger partial charge is 0.356 e. The fourth-order valence-corrected chi connectivity index (χ4v) is 2.28. The predicted octanol–water partition coefficient (Wildman–Crippen LogP) is 1.63. The molecule has 0 aromatic carbocycles. The quantitative estimate of drug-likeness (QED) is 0.772. The van der Waals surface area contributed by atoms with Gasteiger partial charge in [-0.3, -0.25) is 4.79 Å². The Morgan fingerprint density at radius 3 is 2.69 bits per heavy atom. The van der Waals surface area contributed by atoms with Crippen molar-refractivity contribution in [1.82, 2.24) is 10.6 Å². The number of hydrogen-bond acceptors (Lipinski definition) is 3. The lowest BCUT2D eigenvalue weighted by molar-refractivity contribution is -0.131. The zero-order valence-electron chi connectivity index (χ0n) is 10.6. The summed E-state index contributed by atoms with van der Waals surface area (Å²) in [5.41, 5.74) is -0.145. The van der Waals surface area contributed by atoms with Crippen LogP contribution in [0, 0.1) is 5.41 Å². The van der Waals surface area contributed by atoms with Crippen molar-refractivity contribution < 1.29 is 4.79 Å². The van der Waals surface area contributed by atoms with Crippen molar-refractivity contribution in [2.75, 3.05) is 25.9 Å². The van der Waals surface area contributed by atoms with Crippen molar-refractivity contribution in [3.05, 3.63) is 0 Å². The molecule has 1 aliphatic heterocycles. The van der Waals surface area contributed by atoms with Crippen LogP contribution in [0.3, 0.4) is 0 Å². The molecule has 0 spiro atoms. The van der Waals surface area contributed by atoms with Crippen molar-refractivity contribution in [2.24, 2.45) is 5.41 Å². The number of carbonyl (C=O) groups is 1. The zero-order chi connectivity index (χ0) is 12.0. The summed E-state index contributed by atoms with van der Waals surface area (Å²) < 4.78 is 0. The number of nitrogens with one attached hydrogen (secondary N) is 2. The summed E-state index contributed by atoms with van der Waals surface area (Å²) in [6.45, 7) is 7.02. The average Bonchev–Trinajstić information content (AvgIpc) is 2.29. The first-order chi connectivity index (χ1) is 7.58. The molecule has 0 saturated carbocycles. The van der Waals surface area contributed by atoms with Gasteiger partial charge in [-0.15, -0.1) is 0 Å². The smallest absolute Gasteiger partial charge is 0.226 e. The molecule has 3 nitrogen and oxygen atoms in total. The minimum absolute atomic E-state index is 0.145. The van der Waals surface area contributed by atoms with E-state index in [1.54, 1.807) is 0 Å². The van der Waals surface area contributed by atoms with Gasteiger partial charge in [0.15, 0.2) is 0 Å². The number of hydrogen-bond donors (Lipinski definition) is 2. The van der Waals surface area contributed by atoms with E-state index in [1.165, 1.54) is 0 Å². The molecule has 0 aromatic rings. The van der Waals surface area contributed by atoms with Gasteiger partial charge >= 0.3 is 0 Å². The Hall–Kier alpha value is -0.220. The minimum atomic E-state index is -0.145. The van der Waals surface area contributed by atoms with Crippen LogP contribution in [0.5, 0.6) is 0 Å². The van der Waals surface area contributed by atoms with Gasteiger partial charge in [0, 0.05) is 17.2 Å². The number of piperidine rings is 1. The summed E-state index contributed by atoms with van der Waals surface area (Å²) in [5, 5.41) is 7.00. The van der Waals surface area contributed by atoms with Gasteiger partial charge in [0.1, 0.15) is 0 Å². The highest BCUT2D eigenvalue weighted by molar-refractivity contribution is 7.99. The van der Waals surface area contributed by atoms with Crippen LogP contribution in [0.2, 0.25) is 0 Å². The van der Waals surface area contributed by atoms with Gasteiger partial charge in [-0.1, -0.05) is 13.8 Å². The van der Waals surface area contributed by atoms with Crippen molar-refractivity contribution in [3.63, 3.8) is 0 Å². The lowest BCUT2D eigenvalue weighted by Gasteiger charge is -2.32. The van der Waals surface area contributed by atoms with E-state index in [0.29, 0.717) is 5.25 Å². The number of thioether (sulfide) groups is 1. The molecule has 0 aromatic heterocycles. The molecule has 1 heterocycles. The molecule has 1 atom stereocenters. The highest BCUT2D eigenvalue weighted by Crippen LogP contribution is 2.27. The molecular weight excluding hydrogens is 220 g/mol. The van der Waals surface area contributed by atoms with E-state index >= 15 is 0 Å². The van der Waals surface area contributed by atoms with Crippen molar-refractivity contribution in [1.29, 1.82) is 0 Å². The molecule has 94 valence electrons. The van der Waals surface area contributed by atoms with Gasteiger partial charge in [-0.25, -0.2) is 0 Å². The van der Waals surface area contributed by atoms with Crippen LogP contribution >= 0.6 is 11.8 Å². The SMILES string of the molecule is CSC(C)CCNC(=O)C1(C)CCNCC1. The van der Waals surface area contributed by atoms with Crippen molar-refractivity contribution in [2.45, 2.75) is 38.4 Å². The van der Waals surface area contributed by atoms with Crippen LogP contribution in [0.1, 0.15) is 33.1 Å². The molecule has 1 saturated heterocycles. The molecule has 1 rings (SSSR count). The molecule has 1 unspecified atom stereocenters. The minimum Gasteiger partial charge on any atom is -0.356 e. The molecule has 16 heavy (non-hydrogen) atoms. The molecule has 0 radical (unpaired) electrons. The Bertz CT molecular complexity index is 227. The monoisotopic (exact) mass is 244 g/mol. The lowest BCUT2D eigenvalue weighted by Crippen LogP contribution is -2.46. The van der Waals surface area contributed by atoms with E-state index in [0.717, 1.165) is 38.9 Å². The van der Waals surface area contributed by atoms with Gasteiger partial charge in [-0.05, 0) is 38.6 Å². The maximum absolute atomic E-state index is 12.0. The average molecular weight is 244 g/mol. The summed E-state index contributed by atoms with van der Waals surface area (Å²) in [6.07, 6.45) is 5.08. The van der Waals surface area contributed by atoms with Gasteiger partial charge in [0.05, 0.1) is 0 Å². The maximum atomic E-state index is 12.0. The van der Waals surface area contributed by atoms with E-state index in [2.05, 4.69) is 30.7 Å². The molecule has 0 bridgehead atoms. The molecular formula is C12H24N2OS. The maximum Gasteiger partial charge on any atom is 0.226 e. The van der Waals surface area contributed by atoms with Gasteiger partial charge < -0.3 is 10.6 Å². The summed E-state index contributed by atoms with van der Waals surface area (Å²) in [4.78, 5) is 12.0. The normalized spacial score (nSPS) is 21.4. The van der Waals surface area contributed by atoms with E-state index in [4.69, 9.17) is 0 Å². The first-order valence-corrected chi connectivity index (χ1v) is 7.39. The molecule has 0 aliphatic carbocycles. The van der Waals surface area contributed by atoms with Crippen molar-refractivity contribution >= 4 is 17.7 Å². The summed E-state index contributed by atoms with van der Waals surface area (Å²) >= 11 is 1.85. The third-order valence-corrected chi connectivity index (χ3v) is 4.53. The standard InChI is InChI=1S/C12H24N2OS/c1-10(16-3)4-7-14-11(15)12(2)5-8-13-9-6-12/h10,13H,4-9H2,1-3H3,(H,14,15). The Morgan fingerprint density at radius 1 is 1.50 bits per heavy atom.